The summed E-state index contributed by atoms with van der Waals surface area (Å²) >= 11 is 0. The van der Waals surface area contributed by atoms with Crippen LogP contribution in [0.4, 0.5) is 0 Å². The molecule has 0 saturated carbocycles. The van der Waals surface area contributed by atoms with Crippen LogP contribution in [-0.2, 0) is 0 Å². The van der Waals surface area contributed by atoms with E-state index in [1.807, 2.05) is 13.0 Å². The van der Waals surface area contributed by atoms with E-state index in [2.05, 4.69) is 0 Å². The highest BCUT2D eigenvalue weighted by atomic mass is 16.3. The van der Waals surface area contributed by atoms with Gasteiger partial charge in [-0.25, -0.2) is 0 Å². The molecule has 0 aromatic carbocycles. The fourth-order valence-electron chi connectivity index (χ4n) is 0.878. The standard InChI is InChI=1S/C8H12O2/c1-8(6-9)4-2-7(10)3-5-8/h2-4,9-10H,5-6H2,1H3. The van der Waals surface area contributed by atoms with Gasteiger partial charge in [0.2, 0.25) is 0 Å². The van der Waals surface area contributed by atoms with E-state index in [9.17, 15) is 0 Å². The van der Waals surface area contributed by atoms with Crippen molar-refractivity contribution in [3.05, 3.63) is 24.0 Å². The van der Waals surface area contributed by atoms with Gasteiger partial charge in [0, 0.05) is 5.41 Å². The Morgan fingerprint density at radius 1 is 1.70 bits per heavy atom. The zero-order valence-electron chi connectivity index (χ0n) is 6.04. The number of rotatable bonds is 1. The van der Waals surface area contributed by atoms with Crippen LogP contribution in [0.1, 0.15) is 13.3 Å². The molecular weight excluding hydrogens is 128 g/mol. The van der Waals surface area contributed by atoms with Gasteiger partial charge in [-0.05, 0) is 18.6 Å². The molecule has 0 aromatic heterocycles. The lowest BCUT2D eigenvalue weighted by atomic mass is 9.84. The normalized spacial score (nSPS) is 32.0. The molecule has 1 aliphatic rings. The Labute approximate surface area is 60.5 Å². The first-order chi connectivity index (χ1) is 4.66. The summed E-state index contributed by atoms with van der Waals surface area (Å²) in [6.45, 7) is 2.08. The average Bonchev–Trinajstić information content (AvgIpc) is 1.96. The van der Waals surface area contributed by atoms with Gasteiger partial charge < -0.3 is 10.2 Å². The Bertz CT molecular complexity index is 182. The molecule has 10 heavy (non-hydrogen) atoms. The van der Waals surface area contributed by atoms with Crippen molar-refractivity contribution in [2.24, 2.45) is 5.41 Å². The van der Waals surface area contributed by atoms with Crippen molar-refractivity contribution in [3.63, 3.8) is 0 Å². The van der Waals surface area contributed by atoms with Crippen molar-refractivity contribution in [2.75, 3.05) is 6.61 Å². The maximum Gasteiger partial charge on any atom is 0.111 e. The lowest BCUT2D eigenvalue weighted by Gasteiger charge is -2.23. The van der Waals surface area contributed by atoms with Crippen LogP contribution in [0.5, 0.6) is 0 Å². The van der Waals surface area contributed by atoms with Crippen molar-refractivity contribution >= 4 is 0 Å². The third kappa shape index (κ3) is 1.39. The highest BCUT2D eigenvalue weighted by Gasteiger charge is 2.20. The predicted octanol–water partition coefficient (Wildman–Crippen LogP) is 1.39. The Morgan fingerprint density at radius 3 is 2.80 bits per heavy atom. The average molecular weight is 140 g/mol. The maximum atomic E-state index is 8.93. The number of aliphatic hydroxyl groups excluding tert-OH is 2. The summed E-state index contributed by atoms with van der Waals surface area (Å²) in [4.78, 5) is 0. The molecule has 1 aliphatic carbocycles. The van der Waals surface area contributed by atoms with E-state index in [1.165, 1.54) is 0 Å². The van der Waals surface area contributed by atoms with Gasteiger partial charge >= 0.3 is 0 Å². The molecule has 1 rings (SSSR count). The van der Waals surface area contributed by atoms with E-state index in [-0.39, 0.29) is 12.0 Å². The third-order valence-electron chi connectivity index (χ3n) is 1.80. The fourth-order valence-corrected chi connectivity index (χ4v) is 0.878. The first kappa shape index (κ1) is 7.35. The summed E-state index contributed by atoms with van der Waals surface area (Å²) in [7, 11) is 0. The van der Waals surface area contributed by atoms with Crippen molar-refractivity contribution < 1.29 is 10.2 Å². The molecule has 0 aliphatic heterocycles. The van der Waals surface area contributed by atoms with E-state index < -0.39 is 0 Å². The summed E-state index contributed by atoms with van der Waals surface area (Å²) in [6.07, 6.45) is 5.89. The van der Waals surface area contributed by atoms with E-state index >= 15 is 0 Å². The summed E-state index contributed by atoms with van der Waals surface area (Å²) in [6, 6.07) is 0. The third-order valence-corrected chi connectivity index (χ3v) is 1.80. The minimum atomic E-state index is -0.160. The minimum Gasteiger partial charge on any atom is -0.508 e. The number of aliphatic hydroxyl groups is 2. The highest BCUT2D eigenvalue weighted by molar-refractivity contribution is 5.20. The molecule has 0 saturated heterocycles. The topological polar surface area (TPSA) is 40.5 Å². The van der Waals surface area contributed by atoms with Crippen molar-refractivity contribution in [1.82, 2.24) is 0 Å². The smallest absolute Gasteiger partial charge is 0.111 e. The molecule has 0 heterocycles. The quantitative estimate of drug-likeness (QED) is 0.577. The molecule has 2 nitrogen and oxygen atoms in total. The predicted molar refractivity (Wildman–Crippen MR) is 39.7 cm³/mol. The van der Waals surface area contributed by atoms with Crippen LogP contribution in [0.25, 0.3) is 0 Å². The lowest BCUT2D eigenvalue weighted by molar-refractivity contribution is 0.183. The van der Waals surface area contributed by atoms with Crippen LogP contribution in [0, 0.1) is 5.41 Å². The van der Waals surface area contributed by atoms with Gasteiger partial charge in [-0.3, -0.25) is 0 Å². The van der Waals surface area contributed by atoms with Gasteiger partial charge in [0.25, 0.3) is 0 Å². The van der Waals surface area contributed by atoms with Gasteiger partial charge in [0.1, 0.15) is 5.76 Å². The Hall–Kier alpha value is -0.760. The first-order valence-electron chi connectivity index (χ1n) is 3.35. The summed E-state index contributed by atoms with van der Waals surface area (Å²) in [5.74, 6) is 0.297. The number of allylic oxidation sites excluding steroid dienone is 2. The molecule has 2 heteroatoms. The van der Waals surface area contributed by atoms with Crippen LogP contribution in [0.3, 0.4) is 0 Å². The largest absolute Gasteiger partial charge is 0.508 e. The zero-order chi connectivity index (χ0) is 7.61. The molecule has 1 atom stereocenters. The van der Waals surface area contributed by atoms with Crippen molar-refractivity contribution in [3.8, 4) is 0 Å². The van der Waals surface area contributed by atoms with Gasteiger partial charge in [-0.1, -0.05) is 13.0 Å². The van der Waals surface area contributed by atoms with E-state index in [0.717, 1.165) is 0 Å². The molecule has 0 radical (unpaired) electrons. The van der Waals surface area contributed by atoms with Crippen LogP contribution in [0.2, 0.25) is 0 Å². The van der Waals surface area contributed by atoms with Gasteiger partial charge in [-0.15, -0.1) is 0 Å². The van der Waals surface area contributed by atoms with Crippen LogP contribution < -0.4 is 0 Å². The molecule has 0 aromatic rings. The van der Waals surface area contributed by atoms with Gasteiger partial charge in [-0.2, -0.15) is 0 Å². The highest BCUT2D eigenvalue weighted by Crippen LogP contribution is 2.27. The van der Waals surface area contributed by atoms with Crippen molar-refractivity contribution in [2.45, 2.75) is 13.3 Å². The van der Waals surface area contributed by atoms with E-state index in [0.29, 0.717) is 12.2 Å². The number of hydrogen-bond acceptors (Lipinski definition) is 2. The molecule has 0 fully saturated rings. The molecule has 1 unspecified atom stereocenters. The van der Waals surface area contributed by atoms with E-state index in [1.54, 1.807) is 12.2 Å². The monoisotopic (exact) mass is 140 g/mol. The lowest BCUT2D eigenvalue weighted by Crippen LogP contribution is -2.19. The molecule has 2 N–H and O–H groups in total. The summed E-state index contributed by atoms with van der Waals surface area (Å²) < 4.78 is 0. The summed E-state index contributed by atoms with van der Waals surface area (Å²) in [5.41, 5.74) is -0.160. The van der Waals surface area contributed by atoms with Gasteiger partial charge in [0.15, 0.2) is 0 Å². The zero-order valence-corrected chi connectivity index (χ0v) is 6.04. The second kappa shape index (κ2) is 2.46. The Morgan fingerprint density at radius 2 is 2.40 bits per heavy atom. The molecule has 0 amide bonds. The maximum absolute atomic E-state index is 8.93. The Kier molecular flexibility index (Phi) is 1.81. The van der Waals surface area contributed by atoms with Crippen molar-refractivity contribution in [1.29, 1.82) is 0 Å². The molecular formula is C8H12O2. The molecule has 0 spiro atoms. The minimum absolute atomic E-state index is 0.132. The first-order valence-corrected chi connectivity index (χ1v) is 3.35. The SMILES string of the molecule is CC1(CO)C=CC(O)=CC1. The Balaban J connectivity index is 2.67. The van der Waals surface area contributed by atoms with Crippen LogP contribution in [0.15, 0.2) is 24.0 Å². The number of hydrogen-bond donors (Lipinski definition) is 2. The van der Waals surface area contributed by atoms with E-state index in [4.69, 9.17) is 10.2 Å². The molecule has 0 bridgehead atoms. The fraction of sp³-hybridized carbons (Fsp3) is 0.500. The van der Waals surface area contributed by atoms with Crippen LogP contribution >= 0.6 is 0 Å². The molecule has 56 valence electrons. The van der Waals surface area contributed by atoms with Crippen LogP contribution in [-0.4, -0.2) is 16.8 Å². The second-order valence-electron chi connectivity index (χ2n) is 2.98. The van der Waals surface area contributed by atoms with Gasteiger partial charge in [0.05, 0.1) is 6.61 Å². The second-order valence-corrected chi connectivity index (χ2v) is 2.98. The summed E-state index contributed by atoms with van der Waals surface area (Å²) in [5, 5.41) is 17.8.